The van der Waals surface area contributed by atoms with Crippen molar-refractivity contribution in [1.29, 1.82) is 0 Å². The molecule has 0 radical (unpaired) electrons. The molecular formula is C18H22FNO4. The van der Waals surface area contributed by atoms with Crippen molar-refractivity contribution in [3.63, 3.8) is 0 Å². The SMILES string of the molecule is O=C(O)C1CCC(C(=O)NC2CCCOc3c(F)cccc32)CC1. The van der Waals surface area contributed by atoms with E-state index in [4.69, 9.17) is 9.84 Å². The summed E-state index contributed by atoms with van der Waals surface area (Å²) in [5.41, 5.74) is 0.681. The van der Waals surface area contributed by atoms with E-state index in [-0.39, 0.29) is 29.5 Å². The maximum absolute atomic E-state index is 13.9. The predicted molar refractivity (Wildman–Crippen MR) is 85.1 cm³/mol. The van der Waals surface area contributed by atoms with Crippen LogP contribution in [-0.2, 0) is 9.59 Å². The van der Waals surface area contributed by atoms with E-state index in [9.17, 15) is 14.0 Å². The highest BCUT2D eigenvalue weighted by Gasteiger charge is 2.31. The van der Waals surface area contributed by atoms with Gasteiger partial charge in [0.1, 0.15) is 0 Å². The number of nitrogens with one attached hydrogen (secondary N) is 1. The van der Waals surface area contributed by atoms with Gasteiger partial charge in [-0.3, -0.25) is 9.59 Å². The van der Waals surface area contributed by atoms with Crippen molar-refractivity contribution < 1.29 is 23.8 Å². The first-order chi connectivity index (χ1) is 11.6. The largest absolute Gasteiger partial charge is 0.490 e. The summed E-state index contributed by atoms with van der Waals surface area (Å²) >= 11 is 0. The molecule has 130 valence electrons. The molecule has 1 atom stereocenters. The van der Waals surface area contributed by atoms with Crippen molar-refractivity contribution in [2.24, 2.45) is 11.8 Å². The summed E-state index contributed by atoms with van der Waals surface area (Å²) in [6.45, 7) is 0.435. The van der Waals surface area contributed by atoms with Gasteiger partial charge in [0.2, 0.25) is 5.91 Å². The molecule has 2 N–H and O–H groups in total. The third kappa shape index (κ3) is 3.52. The lowest BCUT2D eigenvalue weighted by Gasteiger charge is -2.27. The number of benzene rings is 1. The fourth-order valence-electron chi connectivity index (χ4n) is 3.61. The first-order valence-corrected chi connectivity index (χ1v) is 8.50. The minimum atomic E-state index is -0.779. The second-order valence-corrected chi connectivity index (χ2v) is 6.60. The van der Waals surface area contributed by atoms with E-state index in [0.29, 0.717) is 44.3 Å². The topological polar surface area (TPSA) is 75.6 Å². The van der Waals surface area contributed by atoms with Crippen molar-refractivity contribution in [2.45, 2.75) is 44.6 Å². The van der Waals surface area contributed by atoms with Gasteiger partial charge in [-0.25, -0.2) is 4.39 Å². The van der Waals surface area contributed by atoms with Crippen LogP contribution in [0, 0.1) is 17.7 Å². The quantitative estimate of drug-likeness (QED) is 0.890. The monoisotopic (exact) mass is 335 g/mol. The van der Waals surface area contributed by atoms with Gasteiger partial charge in [0.05, 0.1) is 18.6 Å². The second-order valence-electron chi connectivity index (χ2n) is 6.60. The number of fused-ring (bicyclic) bond motifs is 1. The zero-order chi connectivity index (χ0) is 17.1. The molecule has 1 aromatic rings. The number of amides is 1. The zero-order valence-corrected chi connectivity index (χ0v) is 13.5. The highest BCUT2D eigenvalue weighted by atomic mass is 19.1. The van der Waals surface area contributed by atoms with Gasteiger partial charge in [-0.2, -0.15) is 0 Å². The van der Waals surface area contributed by atoms with Crippen LogP contribution in [0.3, 0.4) is 0 Å². The molecule has 1 aliphatic carbocycles. The molecule has 2 aliphatic rings. The molecule has 6 heteroatoms. The number of hydrogen-bond acceptors (Lipinski definition) is 3. The Hall–Kier alpha value is -2.11. The van der Waals surface area contributed by atoms with Gasteiger partial charge >= 0.3 is 5.97 Å². The average molecular weight is 335 g/mol. The van der Waals surface area contributed by atoms with Crippen molar-refractivity contribution in [2.75, 3.05) is 6.61 Å². The van der Waals surface area contributed by atoms with E-state index in [1.807, 2.05) is 0 Å². The number of aliphatic carboxylic acids is 1. The molecule has 0 saturated heterocycles. The van der Waals surface area contributed by atoms with E-state index in [2.05, 4.69) is 5.32 Å². The van der Waals surface area contributed by atoms with Crippen LogP contribution in [0.5, 0.6) is 5.75 Å². The van der Waals surface area contributed by atoms with Gasteiger partial charge in [0.15, 0.2) is 11.6 Å². The van der Waals surface area contributed by atoms with Crippen LogP contribution in [-0.4, -0.2) is 23.6 Å². The highest BCUT2D eigenvalue weighted by Crippen LogP contribution is 2.35. The number of para-hydroxylation sites is 1. The lowest BCUT2D eigenvalue weighted by molar-refractivity contribution is -0.144. The van der Waals surface area contributed by atoms with Gasteiger partial charge in [-0.15, -0.1) is 0 Å². The van der Waals surface area contributed by atoms with Crippen LogP contribution in [0.15, 0.2) is 18.2 Å². The zero-order valence-electron chi connectivity index (χ0n) is 13.5. The normalized spacial score (nSPS) is 26.6. The number of carboxylic acids is 1. The molecule has 1 heterocycles. The summed E-state index contributed by atoms with van der Waals surface area (Å²) in [4.78, 5) is 23.6. The Morgan fingerprint density at radius 3 is 2.54 bits per heavy atom. The molecule has 5 nitrogen and oxygen atoms in total. The molecule has 0 aromatic heterocycles. The fourth-order valence-corrected chi connectivity index (χ4v) is 3.61. The molecule has 0 spiro atoms. The molecule has 1 aromatic carbocycles. The van der Waals surface area contributed by atoms with E-state index < -0.39 is 11.8 Å². The van der Waals surface area contributed by atoms with E-state index in [0.717, 1.165) is 6.42 Å². The van der Waals surface area contributed by atoms with Crippen LogP contribution < -0.4 is 10.1 Å². The van der Waals surface area contributed by atoms with Gasteiger partial charge in [0.25, 0.3) is 0 Å². The van der Waals surface area contributed by atoms with Crippen LogP contribution in [0.4, 0.5) is 4.39 Å². The van der Waals surface area contributed by atoms with Gasteiger partial charge in [-0.05, 0) is 44.6 Å². The third-order valence-corrected chi connectivity index (χ3v) is 5.02. The maximum Gasteiger partial charge on any atom is 0.306 e. The van der Waals surface area contributed by atoms with E-state index in [1.54, 1.807) is 12.1 Å². The Bertz CT molecular complexity index is 625. The summed E-state index contributed by atoms with van der Waals surface area (Å²) in [5.74, 6) is -1.53. The van der Waals surface area contributed by atoms with Crippen molar-refractivity contribution in [1.82, 2.24) is 5.32 Å². The number of halogens is 1. The Kier molecular flexibility index (Phi) is 5.02. The molecule has 3 rings (SSSR count). The number of carboxylic acid groups (broad SMARTS) is 1. The molecule has 24 heavy (non-hydrogen) atoms. The Morgan fingerprint density at radius 2 is 1.83 bits per heavy atom. The Morgan fingerprint density at radius 1 is 1.12 bits per heavy atom. The Balaban J connectivity index is 1.67. The average Bonchev–Trinajstić information content (AvgIpc) is 2.78. The summed E-state index contributed by atoms with van der Waals surface area (Å²) in [7, 11) is 0. The highest BCUT2D eigenvalue weighted by molar-refractivity contribution is 5.80. The van der Waals surface area contributed by atoms with Crippen molar-refractivity contribution >= 4 is 11.9 Å². The van der Waals surface area contributed by atoms with Crippen molar-refractivity contribution in [3.8, 4) is 5.75 Å². The van der Waals surface area contributed by atoms with Crippen LogP contribution in [0.1, 0.15) is 50.1 Å². The minimum absolute atomic E-state index is 0.0686. The molecular weight excluding hydrogens is 313 g/mol. The first-order valence-electron chi connectivity index (χ1n) is 8.50. The van der Waals surface area contributed by atoms with Crippen molar-refractivity contribution in [3.05, 3.63) is 29.6 Å². The van der Waals surface area contributed by atoms with Crippen LogP contribution in [0.25, 0.3) is 0 Å². The number of hydrogen-bond donors (Lipinski definition) is 2. The molecule has 0 bridgehead atoms. The van der Waals surface area contributed by atoms with Crippen LogP contribution in [0.2, 0.25) is 0 Å². The summed E-state index contributed by atoms with van der Waals surface area (Å²) < 4.78 is 19.4. The van der Waals surface area contributed by atoms with Gasteiger partial charge in [-0.1, -0.05) is 12.1 Å². The smallest absolute Gasteiger partial charge is 0.306 e. The standard InChI is InChI=1S/C18H22FNO4/c19-14-4-1-3-13-15(5-2-10-24-16(13)14)20-17(21)11-6-8-12(9-7-11)18(22)23/h1,3-4,11-12,15H,2,5-10H2,(H,20,21)(H,22,23). The van der Waals surface area contributed by atoms with E-state index in [1.165, 1.54) is 6.07 Å². The summed E-state index contributed by atoms with van der Waals surface area (Å²) in [6.07, 6.45) is 3.68. The second kappa shape index (κ2) is 7.20. The third-order valence-electron chi connectivity index (χ3n) is 5.02. The first kappa shape index (κ1) is 16.7. The van der Waals surface area contributed by atoms with Gasteiger partial charge in [0, 0.05) is 11.5 Å². The maximum atomic E-state index is 13.9. The summed E-state index contributed by atoms with van der Waals surface area (Å²) in [6, 6.07) is 4.51. The van der Waals surface area contributed by atoms with E-state index >= 15 is 0 Å². The van der Waals surface area contributed by atoms with Gasteiger partial charge < -0.3 is 15.2 Å². The molecule has 1 saturated carbocycles. The number of carbonyl (C=O) groups is 2. The number of ether oxygens (including phenoxy) is 1. The molecule has 1 unspecified atom stereocenters. The fraction of sp³-hybridized carbons (Fsp3) is 0.556. The molecule has 1 fully saturated rings. The number of rotatable bonds is 3. The lowest BCUT2D eigenvalue weighted by atomic mass is 9.81. The molecule has 1 amide bonds. The predicted octanol–water partition coefficient (Wildman–Crippen LogP) is 3.05. The minimum Gasteiger partial charge on any atom is -0.490 e. The molecule has 1 aliphatic heterocycles. The lowest BCUT2D eigenvalue weighted by Crippen LogP contribution is -2.36. The van der Waals surface area contributed by atoms with Crippen LogP contribution >= 0.6 is 0 Å². The summed E-state index contributed by atoms with van der Waals surface area (Å²) in [5, 5.41) is 12.1. The Labute approximate surface area is 140 Å². The number of carbonyl (C=O) groups excluding carboxylic acids is 1.